The van der Waals surface area contributed by atoms with Crippen LogP contribution in [0, 0.1) is 13.8 Å². The number of fused-ring (bicyclic) bond motifs is 1. The first-order valence-corrected chi connectivity index (χ1v) is 11.3. The Bertz CT molecular complexity index is 979. The van der Waals surface area contributed by atoms with Crippen LogP contribution in [0.3, 0.4) is 0 Å². The van der Waals surface area contributed by atoms with Gasteiger partial charge in [0.25, 0.3) is 5.91 Å². The average molecular weight is 409 g/mol. The lowest BCUT2D eigenvalue weighted by molar-refractivity contribution is -0.885. The molecule has 2 aromatic carbocycles. The maximum absolute atomic E-state index is 13.0. The van der Waals surface area contributed by atoms with Crippen LogP contribution >= 0.6 is 11.3 Å². The predicted octanol–water partition coefficient (Wildman–Crippen LogP) is 3.33. The summed E-state index contributed by atoms with van der Waals surface area (Å²) in [5.74, 6) is 0.628. The molecular weight excluding hydrogens is 378 g/mol. The number of nitrogens with zero attached hydrogens (tertiary/aromatic N) is 2. The molecule has 0 bridgehead atoms. The molecule has 0 aliphatic carbocycles. The molecule has 152 valence electrons. The number of amides is 1. The summed E-state index contributed by atoms with van der Waals surface area (Å²) in [5.41, 5.74) is 5.00. The molecule has 0 radical (unpaired) electrons. The average Bonchev–Trinajstić information content (AvgIpc) is 3.14. The third kappa shape index (κ3) is 4.68. The highest BCUT2D eigenvalue weighted by Crippen LogP contribution is 2.32. The van der Waals surface area contributed by atoms with Crippen molar-refractivity contribution >= 4 is 27.5 Å². The van der Waals surface area contributed by atoms with Crippen LogP contribution in [0.4, 0.5) is 0 Å². The molecule has 5 heteroatoms. The van der Waals surface area contributed by atoms with Crippen LogP contribution in [0.1, 0.15) is 40.5 Å². The summed E-state index contributed by atoms with van der Waals surface area (Å²) in [5, 5.41) is 1.18. The van der Waals surface area contributed by atoms with Crippen molar-refractivity contribution in [2.75, 3.05) is 26.7 Å². The molecule has 0 saturated carbocycles. The standard InChI is InChI=1S/C24H29N3OS/c1-17-10-11-19(18(2)13-17)14-26(3)16-23(28)27-12-6-7-20(15-27)24-25-21-8-4-5-9-22(21)29-24/h4-5,8-11,13,20H,6-7,12,14-16H2,1-3H3/p+1/t20-/m1/s1. The van der Waals surface area contributed by atoms with Gasteiger partial charge < -0.3 is 9.80 Å². The second kappa shape index (κ2) is 8.64. The number of piperidine rings is 1. The Labute approximate surface area is 177 Å². The van der Waals surface area contributed by atoms with E-state index in [-0.39, 0.29) is 5.91 Å². The number of aryl methyl sites for hydroxylation is 2. The second-order valence-corrected chi connectivity index (χ2v) is 9.50. The first kappa shape index (κ1) is 20.0. The van der Waals surface area contributed by atoms with Crippen molar-refractivity contribution in [2.45, 2.75) is 39.2 Å². The third-order valence-corrected chi connectivity index (χ3v) is 7.08. The smallest absolute Gasteiger partial charge is 0.277 e. The summed E-state index contributed by atoms with van der Waals surface area (Å²) in [4.78, 5) is 21.1. The lowest BCUT2D eigenvalue weighted by Gasteiger charge is -2.32. The molecule has 1 aromatic heterocycles. The van der Waals surface area contributed by atoms with Gasteiger partial charge in [0.1, 0.15) is 6.54 Å². The van der Waals surface area contributed by atoms with E-state index in [4.69, 9.17) is 4.98 Å². The Morgan fingerprint density at radius 2 is 2.07 bits per heavy atom. The number of benzene rings is 2. The SMILES string of the molecule is Cc1ccc(C[NH+](C)CC(=O)N2CCC[C@@H](c3nc4ccccc4s3)C2)c(C)c1. The van der Waals surface area contributed by atoms with E-state index in [9.17, 15) is 4.79 Å². The molecule has 0 spiro atoms. The number of hydrogen-bond donors (Lipinski definition) is 1. The molecule has 1 fully saturated rings. The monoisotopic (exact) mass is 408 g/mol. The zero-order valence-corrected chi connectivity index (χ0v) is 18.4. The molecule has 2 atom stereocenters. The minimum absolute atomic E-state index is 0.262. The quantitative estimate of drug-likeness (QED) is 0.703. The molecule has 1 amide bonds. The topological polar surface area (TPSA) is 37.6 Å². The molecule has 2 heterocycles. The number of carbonyl (C=O) groups excluding carboxylic acids is 1. The fourth-order valence-electron chi connectivity index (χ4n) is 4.27. The summed E-state index contributed by atoms with van der Waals surface area (Å²) in [6, 6.07) is 14.9. The predicted molar refractivity (Wildman–Crippen MR) is 120 cm³/mol. The van der Waals surface area contributed by atoms with Crippen molar-refractivity contribution < 1.29 is 9.69 Å². The molecule has 1 N–H and O–H groups in total. The molecule has 4 rings (SSSR count). The van der Waals surface area contributed by atoms with E-state index < -0.39 is 0 Å². The van der Waals surface area contributed by atoms with Crippen molar-refractivity contribution in [3.63, 3.8) is 0 Å². The number of quaternary nitrogens is 1. The zero-order valence-electron chi connectivity index (χ0n) is 17.6. The van der Waals surface area contributed by atoms with Gasteiger partial charge in [0.05, 0.1) is 22.3 Å². The maximum atomic E-state index is 13.0. The van der Waals surface area contributed by atoms with Gasteiger partial charge in [0.15, 0.2) is 6.54 Å². The van der Waals surface area contributed by atoms with E-state index in [1.165, 1.54) is 31.3 Å². The fraction of sp³-hybridized carbons (Fsp3) is 0.417. The highest BCUT2D eigenvalue weighted by molar-refractivity contribution is 7.18. The van der Waals surface area contributed by atoms with Gasteiger partial charge in [-0.3, -0.25) is 4.79 Å². The summed E-state index contributed by atoms with van der Waals surface area (Å²) < 4.78 is 1.24. The Morgan fingerprint density at radius 3 is 2.86 bits per heavy atom. The van der Waals surface area contributed by atoms with Crippen molar-refractivity contribution in [3.05, 3.63) is 64.2 Å². The molecule has 1 aliphatic rings. The van der Waals surface area contributed by atoms with Gasteiger partial charge in [-0.15, -0.1) is 11.3 Å². The first-order valence-electron chi connectivity index (χ1n) is 10.5. The zero-order chi connectivity index (χ0) is 20.4. The number of carbonyl (C=O) groups is 1. The van der Waals surface area contributed by atoms with Gasteiger partial charge in [-0.2, -0.15) is 0 Å². The van der Waals surface area contributed by atoms with E-state index in [2.05, 4.69) is 62.2 Å². The first-order chi connectivity index (χ1) is 14.0. The maximum Gasteiger partial charge on any atom is 0.277 e. The van der Waals surface area contributed by atoms with Crippen molar-refractivity contribution in [3.8, 4) is 0 Å². The molecule has 29 heavy (non-hydrogen) atoms. The highest BCUT2D eigenvalue weighted by Gasteiger charge is 2.28. The van der Waals surface area contributed by atoms with Crippen LogP contribution in [-0.4, -0.2) is 42.5 Å². The molecule has 1 unspecified atom stereocenters. The lowest BCUT2D eigenvalue weighted by Crippen LogP contribution is -3.09. The van der Waals surface area contributed by atoms with Crippen LogP contribution in [0.25, 0.3) is 10.2 Å². The second-order valence-electron chi connectivity index (χ2n) is 8.44. The Balaban J connectivity index is 1.38. The van der Waals surface area contributed by atoms with E-state index in [1.54, 1.807) is 11.3 Å². The van der Waals surface area contributed by atoms with Crippen LogP contribution in [-0.2, 0) is 11.3 Å². The lowest BCUT2D eigenvalue weighted by atomic mass is 9.98. The molecule has 1 aliphatic heterocycles. The minimum Gasteiger partial charge on any atom is -0.337 e. The molecule has 1 saturated heterocycles. The van der Waals surface area contributed by atoms with Gasteiger partial charge in [0.2, 0.25) is 0 Å². The number of rotatable bonds is 5. The van der Waals surface area contributed by atoms with Crippen LogP contribution in [0.15, 0.2) is 42.5 Å². The fourth-order valence-corrected chi connectivity index (χ4v) is 5.36. The number of likely N-dealkylation sites (tertiary alicyclic amines) is 1. The molecule has 3 aromatic rings. The van der Waals surface area contributed by atoms with Crippen molar-refractivity contribution in [1.29, 1.82) is 0 Å². The number of para-hydroxylation sites is 1. The van der Waals surface area contributed by atoms with Crippen LogP contribution < -0.4 is 4.90 Å². The van der Waals surface area contributed by atoms with E-state index >= 15 is 0 Å². The molecular formula is C24H30N3OS+. The normalized spacial score (nSPS) is 18.2. The van der Waals surface area contributed by atoms with Crippen molar-refractivity contribution in [2.24, 2.45) is 0 Å². The Hall–Kier alpha value is -2.24. The Morgan fingerprint density at radius 1 is 1.24 bits per heavy atom. The van der Waals surface area contributed by atoms with E-state index in [1.807, 2.05) is 6.07 Å². The highest BCUT2D eigenvalue weighted by atomic mass is 32.1. The van der Waals surface area contributed by atoms with E-state index in [0.29, 0.717) is 12.5 Å². The number of hydrogen-bond acceptors (Lipinski definition) is 3. The van der Waals surface area contributed by atoms with Gasteiger partial charge >= 0.3 is 0 Å². The number of likely N-dealkylation sites (N-methyl/N-ethyl adjacent to an activating group) is 1. The summed E-state index contributed by atoms with van der Waals surface area (Å²) in [6.45, 7) is 7.37. The summed E-state index contributed by atoms with van der Waals surface area (Å²) in [7, 11) is 2.12. The van der Waals surface area contributed by atoms with E-state index in [0.717, 1.165) is 38.0 Å². The Kier molecular flexibility index (Phi) is 5.97. The third-order valence-electron chi connectivity index (χ3n) is 5.88. The van der Waals surface area contributed by atoms with Gasteiger partial charge in [-0.25, -0.2) is 4.98 Å². The van der Waals surface area contributed by atoms with Gasteiger partial charge in [0, 0.05) is 24.6 Å². The largest absolute Gasteiger partial charge is 0.337 e. The van der Waals surface area contributed by atoms with Crippen molar-refractivity contribution in [1.82, 2.24) is 9.88 Å². The van der Waals surface area contributed by atoms with Crippen LogP contribution in [0.2, 0.25) is 0 Å². The number of aromatic nitrogens is 1. The van der Waals surface area contributed by atoms with Gasteiger partial charge in [-0.1, -0.05) is 35.9 Å². The van der Waals surface area contributed by atoms with Crippen LogP contribution in [0.5, 0.6) is 0 Å². The number of thiazole rings is 1. The minimum atomic E-state index is 0.262. The number of nitrogens with one attached hydrogen (secondary N) is 1. The summed E-state index contributed by atoms with van der Waals surface area (Å²) >= 11 is 1.78. The molecule has 4 nitrogen and oxygen atoms in total. The summed E-state index contributed by atoms with van der Waals surface area (Å²) in [6.07, 6.45) is 2.18. The van der Waals surface area contributed by atoms with Gasteiger partial charge in [-0.05, 0) is 44.4 Å².